The molecule has 2 aliphatic rings. The predicted octanol–water partition coefficient (Wildman–Crippen LogP) is 4.20. The van der Waals surface area contributed by atoms with E-state index in [0.717, 1.165) is 56.0 Å². The van der Waals surface area contributed by atoms with Gasteiger partial charge in [0, 0.05) is 30.9 Å². The molecule has 5 nitrogen and oxygen atoms in total. The van der Waals surface area contributed by atoms with Crippen molar-refractivity contribution in [3.05, 3.63) is 42.6 Å². The lowest BCUT2D eigenvalue weighted by Crippen LogP contribution is -2.46. The van der Waals surface area contributed by atoms with E-state index in [0.29, 0.717) is 6.04 Å². The van der Waals surface area contributed by atoms with Gasteiger partial charge in [-0.25, -0.2) is 9.97 Å². The van der Waals surface area contributed by atoms with E-state index < -0.39 is 0 Å². The van der Waals surface area contributed by atoms with E-state index in [-0.39, 0.29) is 11.8 Å². The van der Waals surface area contributed by atoms with Crippen molar-refractivity contribution < 1.29 is 4.79 Å². The maximum atomic E-state index is 12.9. The summed E-state index contributed by atoms with van der Waals surface area (Å²) in [6.45, 7) is 1.68. The molecule has 1 atom stereocenters. The Labute approximate surface area is 167 Å². The standard InChI is InChI=1S/C23H30N4O/c28-23(25-20-12-6-1-2-7-13-20)19-11-8-16-27(17-19)21-14-15-24-22(26-21)18-9-4-3-5-10-18/h3-5,9-10,14-15,19-20H,1-2,6-8,11-13,16-17H2,(H,25,28). The van der Waals surface area contributed by atoms with Gasteiger partial charge in [0.15, 0.2) is 5.82 Å². The smallest absolute Gasteiger partial charge is 0.225 e. The van der Waals surface area contributed by atoms with Crippen LogP contribution in [0.1, 0.15) is 51.4 Å². The van der Waals surface area contributed by atoms with Crippen LogP contribution >= 0.6 is 0 Å². The summed E-state index contributed by atoms with van der Waals surface area (Å²) < 4.78 is 0. The van der Waals surface area contributed by atoms with Crippen molar-refractivity contribution in [1.82, 2.24) is 15.3 Å². The minimum Gasteiger partial charge on any atom is -0.356 e. The van der Waals surface area contributed by atoms with Crippen molar-refractivity contribution in [2.45, 2.75) is 57.4 Å². The average molecular weight is 379 g/mol. The summed E-state index contributed by atoms with van der Waals surface area (Å²) in [4.78, 5) is 24.3. The molecule has 1 aliphatic carbocycles. The Morgan fingerprint density at radius 3 is 2.54 bits per heavy atom. The van der Waals surface area contributed by atoms with Gasteiger partial charge in [-0.05, 0) is 31.7 Å². The summed E-state index contributed by atoms with van der Waals surface area (Å²) in [5.41, 5.74) is 1.02. The van der Waals surface area contributed by atoms with Gasteiger partial charge in [0.1, 0.15) is 5.82 Å². The van der Waals surface area contributed by atoms with Crippen molar-refractivity contribution in [1.29, 1.82) is 0 Å². The first-order valence-corrected chi connectivity index (χ1v) is 10.7. The van der Waals surface area contributed by atoms with Gasteiger partial charge < -0.3 is 10.2 Å². The van der Waals surface area contributed by atoms with Crippen molar-refractivity contribution in [3.63, 3.8) is 0 Å². The van der Waals surface area contributed by atoms with E-state index in [1.165, 1.54) is 25.7 Å². The largest absolute Gasteiger partial charge is 0.356 e. The highest BCUT2D eigenvalue weighted by Gasteiger charge is 2.28. The normalized spacial score (nSPS) is 21.1. The molecule has 0 bridgehead atoms. The summed E-state index contributed by atoms with van der Waals surface area (Å²) in [5.74, 6) is 1.94. The lowest BCUT2D eigenvalue weighted by molar-refractivity contribution is -0.126. The Morgan fingerprint density at radius 1 is 0.964 bits per heavy atom. The molecule has 1 amide bonds. The van der Waals surface area contributed by atoms with Crippen LogP contribution in [0, 0.1) is 5.92 Å². The quantitative estimate of drug-likeness (QED) is 0.810. The minimum absolute atomic E-state index is 0.0483. The fourth-order valence-electron chi connectivity index (χ4n) is 4.39. The molecule has 1 aromatic heterocycles. The Hall–Kier alpha value is -2.43. The molecule has 1 N–H and O–H groups in total. The SMILES string of the molecule is O=C(NC1CCCCCC1)C1CCCN(c2ccnc(-c3ccccc3)n2)C1. The number of nitrogens with one attached hydrogen (secondary N) is 1. The van der Waals surface area contributed by atoms with Crippen LogP contribution in [0.2, 0.25) is 0 Å². The van der Waals surface area contributed by atoms with E-state index in [2.05, 4.69) is 15.2 Å². The fraction of sp³-hybridized carbons (Fsp3) is 0.522. The Kier molecular flexibility index (Phi) is 6.20. The van der Waals surface area contributed by atoms with Gasteiger partial charge in [-0.15, -0.1) is 0 Å². The Bertz CT molecular complexity index is 771. The van der Waals surface area contributed by atoms with Crippen LogP contribution in [0.5, 0.6) is 0 Å². The summed E-state index contributed by atoms with van der Waals surface area (Å²) in [5, 5.41) is 3.34. The summed E-state index contributed by atoms with van der Waals surface area (Å²) in [6.07, 6.45) is 11.2. The molecule has 28 heavy (non-hydrogen) atoms. The predicted molar refractivity (Wildman–Crippen MR) is 112 cm³/mol. The van der Waals surface area contributed by atoms with Gasteiger partial charge in [0.25, 0.3) is 0 Å². The second-order valence-corrected chi connectivity index (χ2v) is 8.09. The minimum atomic E-state index is 0.0483. The topological polar surface area (TPSA) is 58.1 Å². The van der Waals surface area contributed by atoms with Crippen molar-refractivity contribution >= 4 is 11.7 Å². The van der Waals surface area contributed by atoms with Crippen LogP contribution in [-0.2, 0) is 4.79 Å². The highest BCUT2D eigenvalue weighted by atomic mass is 16.2. The van der Waals surface area contributed by atoms with Gasteiger partial charge in [0.2, 0.25) is 5.91 Å². The zero-order valence-corrected chi connectivity index (χ0v) is 16.5. The third-order valence-corrected chi connectivity index (χ3v) is 5.99. The number of piperidine rings is 1. The average Bonchev–Trinajstić information content (AvgIpc) is 3.03. The molecule has 1 unspecified atom stereocenters. The molecular formula is C23H30N4O. The van der Waals surface area contributed by atoms with E-state index in [1.807, 2.05) is 42.6 Å². The maximum absolute atomic E-state index is 12.9. The number of nitrogens with zero attached hydrogens (tertiary/aromatic N) is 3. The van der Waals surface area contributed by atoms with Crippen LogP contribution in [0.4, 0.5) is 5.82 Å². The van der Waals surface area contributed by atoms with Gasteiger partial charge >= 0.3 is 0 Å². The molecule has 148 valence electrons. The lowest BCUT2D eigenvalue weighted by Gasteiger charge is -2.33. The number of aromatic nitrogens is 2. The van der Waals surface area contributed by atoms with Crippen LogP contribution in [0.25, 0.3) is 11.4 Å². The molecule has 1 saturated heterocycles. The molecule has 2 aromatic rings. The molecule has 5 heteroatoms. The molecule has 0 radical (unpaired) electrons. The summed E-state index contributed by atoms with van der Waals surface area (Å²) in [6, 6.07) is 12.4. The van der Waals surface area contributed by atoms with Crippen molar-refractivity contribution in [2.24, 2.45) is 5.92 Å². The first-order chi connectivity index (χ1) is 13.8. The number of amides is 1. The van der Waals surface area contributed by atoms with E-state index in [9.17, 15) is 4.79 Å². The molecule has 1 saturated carbocycles. The van der Waals surface area contributed by atoms with Gasteiger partial charge in [0.05, 0.1) is 5.92 Å². The second-order valence-electron chi connectivity index (χ2n) is 8.09. The lowest BCUT2D eigenvalue weighted by atomic mass is 9.96. The maximum Gasteiger partial charge on any atom is 0.225 e. The number of carbonyl (C=O) groups is 1. The number of rotatable bonds is 4. The van der Waals surface area contributed by atoms with E-state index in [4.69, 9.17) is 4.98 Å². The molecule has 0 spiro atoms. The highest BCUT2D eigenvalue weighted by Crippen LogP contribution is 2.25. The molecule has 4 rings (SSSR count). The summed E-state index contributed by atoms with van der Waals surface area (Å²) >= 11 is 0. The number of hydrogen-bond acceptors (Lipinski definition) is 4. The van der Waals surface area contributed by atoms with E-state index in [1.54, 1.807) is 0 Å². The third-order valence-electron chi connectivity index (χ3n) is 5.99. The third kappa shape index (κ3) is 4.70. The molecule has 1 aromatic carbocycles. The zero-order chi connectivity index (χ0) is 19.2. The molecule has 2 heterocycles. The number of carbonyl (C=O) groups excluding carboxylic acids is 1. The van der Waals surface area contributed by atoms with Crippen LogP contribution in [0.15, 0.2) is 42.6 Å². The second kappa shape index (κ2) is 9.18. The Balaban J connectivity index is 1.41. The number of anilines is 1. The monoisotopic (exact) mass is 378 g/mol. The Morgan fingerprint density at radius 2 is 1.75 bits per heavy atom. The van der Waals surface area contributed by atoms with Gasteiger partial charge in [-0.3, -0.25) is 4.79 Å². The molecule has 1 aliphatic heterocycles. The van der Waals surface area contributed by atoms with E-state index >= 15 is 0 Å². The van der Waals surface area contributed by atoms with Gasteiger partial charge in [-0.1, -0.05) is 56.0 Å². The molecular weight excluding hydrogens is 348 g/mol. The number of hydrogen-bond donors (Lipinski definition) is 1. The summed E-state index contributed by atoms with van der Waals surface area (Å²) in [7, 11) is 0. The number of benzene rings is 1. The van der Waals surface area contributed by atoms with Crippen LogP contribution < -0.4 is 10.2 Å². The van der Waals surface area contributed by atoms with Crippen LogP contribution in [-0.4, -0.2) is 35.0 Å². The van der Waals surface area contributed by atoms with Crippen molar-refractivity contribution in [3.8, 4) is 11.4 Å². The first-order valence-electron chi connectivity index (χ1n) is 10.7. The molecule has 2 fully saturated rings. The fourth-order valence-corrected chi connectivity index (χ4v) is 4.39. The zero-order valence-electron chi connectivity index (χ0n) is 16.5. The van der Waals surface area contributed by atoms with Gasteiger partial charge in [-0.2, -0.15) is 0 Å². The highest BCUT2D eigenvalue weighted by molar-refractivity contribution is 5.80. The van der Waals surface area contributed by atoms with Crippen LogP contribution in [0.3, 0.4) is 0 Å². The van der Waals surface area contributed by atoms with Crippen molar-refractivity contribution in [2.75, 3.05) is 18.0 Å². The first kappa shape index (κ1) is 18.9.